The quantitative estimate of drug-likeness (QED) is 0.926. The molecule has 6 nitrogen and oxygen atoms in total. The Morgan fingerprint density at radius 2 is 1.45 bits per heavy atom. The molecule has 0 atom stereocenters. The molecule has 2 aliphatic rings. The topological polar surface area (TPSA) is 69.7 Å². The van der Waals surface area contributed by atoms with Crippen LogP contribution in [0.3, 0.4) is 0 Å². The van der Waals surface area contributed by atoms with Crippen LogP contribution < -0.4 is 5.32 Å². The minimum absolute atomic E-state index is 0.118. The lowest BCUT2D eigenvalue weighted by molar-refractivity contribution is 0.222. The normalized spacial score (nSPS) is 19.5. The number of likely N-dealkylation sites (tertiary alicyclic amines) is 1. The molecule has 120 valence electrons. The van der Waals surface area contributed by atoms with Crippen LogP contribution >= 0.6 is 0 Å². The van der Waals surface area contributed by atoms with Crippen molar-refractivity contribution in [2.24, 2.45) is 0 Å². The van der Waals surface area contributed by atoms with Crippen molar-refractivity contribution in [1.29, 1.82) is 0 Å². The lowest BCUT2D eigenvalue weighted by Gasteiger charge is -2.17. The Hall–Kier alpha value is -1.60. The van der Waals surface area contributed by atoms with Crippen molar-refractivity contribution in [3.8, 4) is 0 Å². The van der Waals surface area contributed by atoms with E-state index in [1.54, 1.807) is 29.2 Å². The second-order valence-electron chi connectivity index (χ2n) is 5.76. The van der Waals surface area contributed by atoms with Gasteiger partial charge in [-0.05, 0) is 49.9 Å². The summed E-state index contributed by atoms with van der Waals surface area (Å²) >= 11 is 0. The molecule has 2 aliphatic heterocycles. The summed E-state index contributed by atoms with van der Waals surface area (Å²) in [7, 11) is -3.39. The van der Waals surface area contributed by atoms with Gasteiger partial charge in [0, 0.05) is 31.9 Å². The van der Waals surface area contributed by atoms with Gasteiger partial charge in [-0.15, -0.1) is 0 Å². The highest BCUT2D eigenvalue weighted by molar-refractivity contribution is 7.89. The number of benzene rings is 1. The molecule has 2 fully saturated rings. The van der Waals surface area contributed by atoms with Gasteiger partial charge in [-0.1, -0.05) is 0 Å². The van der Waals surface area contributed by atoms with Gasteiger partial charge in [-0.25, -0.2) is 13.2 Å². The van der Waals surface area contributed by atoms with Gasteiger partial charge in [0.1, 0.15) is 0 Å². The number of carbonyl (C=O) groups excluding carboxylic acids is 1. The number of hydrogen-bond acceptors (Lipinski definition) is 3. The molecule has 0 bridgehead atoms. The van der Waals surface area contributed by atoms with E-state index in [2.05, 4.69) is 5.32 Å². The van der Waals surface area contributed by atoms with Crippen molar-refractivity contribution in [2.75, 3.05) is 31.5 Å². The maximum absolute atomic E-state index is 12.4. The van der Waals surface area contributed by atoms with Gasteiger partial charge in [0.25, 0.3) is 0 Å². The predicted molar refractivity (Wildman–Crippen MR) is 84.3 cm³/mol. The van der Waals surface area contributed by atoms with E-state index in [0.29, 0.717) is 18.8 Å². The van der Waals surface area contributed by atoms with Crippen LogP contribution in [0.1, 0.15) is 25.7 Å². The number of amides is 2. The van der Waals surface area contributed by atoms with Crippen molar-refractivity contribution in [3.05, 3.63) is 24.3 Å². The van der Waals surface area contributed by atoms with Crippen LogP contribution in [0.15, 0.2) is 29.2 Å². The molecule has 1 aromatic carbocycles. The zero-order chi connectivity index (χ0) is 15.6. The third-order valence-electron chi connectivity index (χ3n) is 4.20. The first-order chi connectivity index (χ1) is 10.6. The minimum atomic E-state index is -3.39. The number of nitrogens with zero attached hydrogens (tertiary/aromatic N) is 2. The summed E-state index contributed by atoms with van der Waals surface area (Å²) in [4.78, 5) is 14.1. The summed E-state index contributed by atoms with van der Waals surface area (Å²) in [6.45, 7) is 2.76. The Morgan fingerprint density at radius 1 is 0.909 bits per heavy atom. The molecule has 2 heterocycles. The molecule has 0 aliphatic carbocycles. The van der Waals surface area contributed by atoms with Crippen LogP contribution in [0.4, 0.5) is 10.5 Å². The second-order valence-corrected chi connectivity index (χ2v) is 7.70. The highest BCUT2D eigenvalue weighted by Gasteiger charge is 2.27. The van der Waals surface area contributed by atoms with E-state index >= 15 is 0 Å². The summed E-state index contributed by atoms with van der Waals surface area (Å²) in [5.74, 6) is 0. The molecule has 7 heteroatoms. The van der Waals surface area contributed by atoms with Gasteiger partial charge in [-0.2, -0.15) is 4.31 Å². The maximum atomic E-state index is 12.4. The van der Waals surface area contributed by atoms with Gasteiger partial charge < -0.3 is 10.2 Å². The molecular weight excluding hydrogens is 302 g/mol. The van der Waals surface area contributed by atoms with Crippen LogP contribution in [0, 0.1) is 0 Å². The van der Waals surface area contributed by atoms with Crippen molar-refractivity contribution in [1.82, 2.24) is 9.21 Å². The van der Waals surface area contributed by atoms with Crippen LogP contribution in [0.5, 0.6) is 0 Å². The molecule has 1 aromatic rings. The summed E-state index contributed by atoms with van der Waals surface area (Å²) in [6.07, 6.45) is 3.92. The van der Waals surface area contributed by atoms with E-state index in [1.165, 1.54) is 4.31 Å². The number of nitrogens with one attached hydrogen (secondary N) is 1. The maximum Gasteiger partial charge on any atom is 0.321 e. The minimum Gasteiger partial charge on any atom is -0.325 e. The smallest absolute Gasteiger partial charge is 0.321 e. The average molecular weight is 323 g/mol. The SMILES string of the molecule is O=C(Nc1ccc(S(=O)(=O)N2CCCC2)cc1)N1CCCC1. The summed E-state index contributed by atoms with van der Waals surface area (Å²) in [5, 5.41) is 2.81. The van der Waals surface area contributed by atoms with Gasteiger partial charge in [-0.3, -0.25) is 0 Å². The van der Waals surface area contributed by atoms with E-state index in [1.807, 2.05) is 0 Å². The zero-order valence-electron chi connectivity index (χ0n) is 12.5. The summed E-state index contributed by atoms with van der Waals surface area (Å²) < 4.78 is 26.3. The second kappa shape index (κ2) is 6.26. The molecule has 0 spiro atoms. The lowest BCUT2D eigenvalue weighted by Crippen LogP contribution is -2.32. The van der Waals surface area contributed by atoms with Gasteiger partial charge >= 0.3 is 6.03 Å². The molecular formula is C15H21N3O3S. The summed E-state index contributed by atoms with van der Waals surface area (Å²) in [6, 6.07) is 6.31. The third-order valence-corrected chi connectivity index (χ3v) is 6.11. The standard InChI is InChI=1S/C15H21N3O3S/c19-15(17-9-1-2-10-17)16-13-5-7-14(8-6-13)22(20,21)18-11-3-4-12-18/h5-8H,1-4,9-12H2,(H,16,19). The van der Waals surface area contributed by atoms with E-state index in [0.717, 1.165) is 38.8 Å². The molecule has 0 aromatic heterocycles. The first-order valence-electron chi connectivity index (χ1n) is 7.73. The van der Waals surface area contributed by atoms with Crippen molar-refractivity contribution < 1.29 is 13.2 Å². The lowest BCUT2D eigenvalue weighted by atomic mass is 10.3. The highest BCUT2D eigenvalue weighted by Crippen LogP contribution is 2.22. The van der Waals surface area contributed by atoms with Crippen LogP contribution in [-0.2, 0) is 10.0 Å². The van der Waals surface area contributed by atoms with E-state index in [-0.39, 0.29) is 10.9 Å². The molecule has 1 N–H and O–H groups in total. The average Bonchev–Trinajstić information content (AvgIpc) is 3.21. The van der Waals surface area contributed by atoms with E-state index < -0.39 is 10.0 Å². The van der Waals surface area contributed by atoms with Crippen molar-refractivity contribution in [3.63, 3.8) is 0 Å². The number of rotatable bonds is 3. The fourth-order valence-corrected chi connectivity index (χ4v) is 4.43. The third kappa shape index (κ3) is 3.10. The van der Waals surface area contributed by atoms with Crippen LogP contribution in [-0.4, -0.2) is 49.8 Å². The van der Waals surface area contributed by atoms with Crippen LogP contribution in [0.2, 0.25) is 0 Å². The first kappa shape index (κ1) is 15.3. The Bertz CT molecular complexity index is 631. The molecule has 0 unspecified atom stereocenters. The Balaban J connectivity index is 1.68. The van der Waals surface area contributed by atoms with E-state index in [4.69, 9.17) is 0 Å². The van der Waals surface area contributed by atoms with Crippen molar-refractivity contribution in [2.45, 2.75) is 30.6 Å². The monoisotopic (exact) mass is 323 g/mol. The fourth-order valence-electron chi connectivity index (χ4n) is 2.91. The molecule has 0 saturated carbocycles. The van der Waals surface area contributed by atoms with E-state index in [9.17, 15) is 13.2 Å². The Kier molecular flexibility index (Phi) is 4.35. The number of sulfonamides is 1. The molecule has 3 rings (SSSR count). The molecule has 2 amide bonds. The largest absolute Gasteiger partial charge is 0.325 e. The van der Waals surface area contributed by atoms with Crippen molar-refractivity contribution >= 4 is 21.7 Å². The molecule has 0 radical (unpaired) electrons. The fraction of sp³-hybridized carbons (Fsp3) is 0.533. The van der Waals surface area contributed by atoms with Gasteiger partial charge in [0.05, 0.1) is 4.90 Å². The zero-order valence-corrected chi connectivity index (χ0v) is 13.3. The highest BCUT2D eigenvalue weighted by atomic mass is 32.2. The number of carbonyl (C=O) groups is 1. The molecule has 22 heavy (non-hydrogen) atoms. The Morgan fingerprint density at radius 3 is 2.05 bits per heavy atom. The number of hydrogen-bond donors (Lipinski definition) is 1. The Labute approximate surface area is 131 Å². The number of anilines is 1. The number of urea groups is 1. The summed E-state index contributed by atoms with van der Waals surface area (Å²) in [5.41, 5.74) is 0.622. The van der Waals surface area contributed by atoms with Crippen LogP contribution in [0.25, 0.3) is 0 Å². The first-order valence-corrected chi connectivity index (χ1v) is 9.17. The van der Waals surface area contributed by atoms with Gasteiger partial charge in [0.15, 0.2) is 0 Å². The van der Waals surface area contributed by atoms with Gasteiger partial charge in [0.2, 0.25) is 10.0 Å². The molecule has 2 saturated heterocycles. The predicted octanol–water partition coefficient (Wildman–Crippen LogP) is 2.10.